The van der Waals surface area contributed by atoms with E-state index in [1.54, 1.807) is 0 Å². The lowest BCUT2D eigenvalue weighted by molar-refractivity contribution is -0.136. The minimum Gasteiger partial charge on any atom is -0.481 e. The Morgan fingerprint density at radius 1 is 1.30 bits per heavy atom. The fourth-order valence-corrected chi connectivity index (χ4v) is 2.32. The lowest BCUT2D eigenvalue weighted by Gasteiger charge is -2.17. The van der Waals surface area contributed by atoms with Crippen molar-refractivity contribution in [3.8, 4) is 0 Å². The van der Waals surface area contributed by atoms with Gasteiger partial charge >= 0.3 is 12.0 Å². The molecule has 2 amide bonds. The smallest absolute Gasteiger partial charge is 0.314 e. The Labute approximate surface area is 122 Å². The van der Waals surface area contributed by atoms with Crippen LogP contribution in [0.4, 0.5) is 4.79 Å². The van der Waals surface area contributed by atoms with Gasteiger partial charge in [0.2, 0.25) is 0 Å². The molecule has 3 N–H and O–H groups in total. The zero-order chi connectivity index (χ0) is 14.6. The summed E-state index contributed by atoms with van der Waals surface area (Å²) in [6, 6.07) is 7.35. The number of carbonyl (C=O) groups is 2. The molecule has 0 saturated heterocycles. The van der Waals surface area contributed by atoms with E-state index in [9.17, 15) is 9.59 Å². The first-order valence-electron chi connectivity index (χ1n) is 6.51. The number of hydrogen-bond acceptors (Lipinski definition) is 2. The van der Waals surface area contributed by atoms with Crippen LogP contribution < -0.4 is 10.6 Å². The lowest BCUT2D eigenvalue weighted by atomic mass is 9.96. The second kappa shape index (κ2) is 6.13. The first-order chi connectivity index (χ1) is 9.52. The van der Waals surface area contributed by atoms with Crippen molar-refractivity contribution >= 4 is 23.6 Å². The molecular weight excluding hydrogens is 280 g/mol. The average molecular weight is 297 g/mol. The van der Waals surface area contributed by atoms with Crippen LogP contribution in [0.25, 0.3) is 0 Å². The predicted molar refractivity (Wildman–Crippen MR) is 76.0 cm³/mol. The van der Waals surface area contributed by atoms with Crippen molar-refractivity contribution in [1.29, 1.82) is 0 Å². The zero-order valence-corrected chi connectivity index (χ0v) is 11.7. The van der Waals surface area contributed by atoms with Crippen molar-refractivity contribution in [2.24, 2.45) is 0 Å². The fraction of sp³-hybridized carbons (Fsp3) is 0.429. The summed E-state index contributed by atoms with van der Waals surface area (Å²) in [6.45, 7) is 0.664. The van der Waals surface area contributed by atoms with Crippen molar-refractivity contribution < 1.29 is 14.7 Å². The van der Waals surface area contributed by atoms with Gasteiger partial charge < -0.3 is 15.7 Å². The SMILES string of the molecule is O=C(O)CCNC(=O)NCC1(c2cccc(Cl)c2)CC1. The second-order valence-corrected chi connectivity index (χ2v) is 5.48. The van der Waals surface area contributed by atoms with Crippen LogP contribution in [0, 0.1) is 0 Å². The molecule has 108 valence electrons. The van der Waals surface area contributed by atoms with Crippen molar-refractivity contribution in [2.75, 3.05) is 13.1 Å². The lowest BCUT2D eigenvalue weighted by Crippen LogP contribution is -2.40. The van der Waals surface area contributed by atoms with Crippen molar-refractivity contribution in [1.82, 2.24) is 10.6 Å². The molecule has 1 aliphatic rings. The molecule has 1 aromatic carbocycles. The second-order valence-electron chi connectivity index (χ2n) is 5.04. The summed E-state index contributed by atoms with van der Waals surface area (Å²) in [5.41, 5.74) is 1.12. The Kier molecular flexibility index (Phi) is 4.49. The van der Waals surface area contributed by atoms with Gasteiger partial charge in [0, 0.05) is 23.5 Å². The van der Waals surface area contributed by atoms with E-state index in [2.05, 4.69) is 10.6 Å². The Morgan fingerprint density at radius 2 is 2.05 bits per heavy atom. The van der Waals surface area contributed by atoms with Crippen molar-refractivity contribution in [2.45, 2.75) is 24.7 Å². The number of halogens is 1. The molecule has 5 nitrogen and oxygen atoms in total. The number of carboxylic acid groups (broad SMARTS) is 1. The van der Waals surface area contributed by atoms with E-state index >= 15 is 0 Å². The third kappa shape index (κ3) is 3.87. The van der Waals surface area contributed by atoms with Crippen LogP contribution in [0.1, 0.15) is 24.8 Å². The summed E-state index contributed by atoms with van der Waals surface area (Å²) in [4.78, 5) is 21.9. The zero-order valence-electron chi connectivity index (χ0n) is 11.0. The minimum absolute atomic E-state index is 0.0188. The topological polar surface area (TPSA) is 78.4 Å². The summed E-state index contributed by atoms with van der Waals surface area (Å²) >= 11 is 5.98. The van der Waals surface area contributed by atoms with Crippen LogP contribution in [-0.4, -0.2) is 30.2 Å². The van der Waals surface area contributed by atoms with Gasteiger partial charge in [0.1, 0.15) is 0 Å². The number of nitrogens with one attached hydrogen (secondary N) is 2. The van der Waals surface area contributed by atoms with Gasteiger partial charge in [0.05, 0.1) is 6.42 Å². The van der Waals surface area contributed by atoms with Crippen LogP contribution in [-0.2, 0) is 10.2 Å². The number of carbonyl (C=O) groups excluding carboxylic acids is 1. The number of benzene rings is 1. The van der Waals surface area contributed by atoms with Crippen LogP contribution in [0.2, 0.25) is 5.02 Å². The number of aliphatic carboxylic acids is 1. The minimum atomic E-state index is -0.928. The van der Waals surface area contributed by atoms with Gasteiger partial charge in [-0.2, -0.15) is 0 Å². The Hall–Kier alpha value is -1.75. The van der Waals surface area contributed by atoms with Gasteiger partial charge in [0.15, 0.2) is 0 Å². The number of amides is 2. The molecule has 1 fully saturated rings. The molecule has 0 radical (unpaired) electrons. The van der Waals surface area contributed by atoms with Crippen molar-refractivity contribution in [3.63, 3.8) is 0 Å². The summed E-state index contributed by atoms with van der Waals surface area (Å²) in [7, 11) is 0. The molecule has 6 heteroatoms. The fourth-order valence-electron chi connectivity index (χ4n) is 2.13. The molecule has 1 aromatic rings. The van der Waals surface area contributed by atoms with Crippen LogP contribution in [0.5, 0.6) is 0 Å². The quantitative estimate of drug-likeness (QED) is 0.752. The molecule has 0 atom stereocenters. The molecule has 0 spiro atoms. The molecule has 1 aliphatic carbocycles. The number of carboxylic acids is 1. The number of urea groups is 1. The molecule has 0 heterocycles. The maximum atomic E-state index is 11.6. The van der Waals surface area contributed by atoms with E-state index < -0.39 is 5.97 Å². The van der Waals surface area contributed by atoms with Gasteiger partial charge in [-0.05, 0) is 30.5 Å². The highest BCUT2D eigenvalue weighted by Crippen LogP contribution is 2.48. The Bertz CT molecular complexity index is 515. The summed E-state index contributed by atoms with van der Waals surface area (Å²) in [6.07, 6.45) is 1.96. The number of rotatable bonds is 6. The van der Waals surface area contributed by atoms with E-state index in [0.717, 1.165) is 18.4 Å². The van der Waals surface area contributed by atoms with E-state index in [0.29, 0.717) is 11.6 Å². The standard InChI is InChI=1S/C14H17ClN2O3/c15-11-3-1-2-10(8-11)14(5-6-14)9-17-13(20)16-7-4-12(18)19/h1-3,8H,4-7,9H2,(H,18,19)(H2,16,17,20). The van der Waals surface area contributed by atoms with Crippen LogP contribution in [0.15, 0.2) is 24.3 Å². The monoisotopic (exact) mass is 296 g/mol. The largest absolute Gasteiger partial charge is 0.481 e. The molecule has 0 unspecified atom stereocenters. The van der Waals surface area contributed by atoms with E-state index in [4.69, 9.17) is 16.7 Å². The first kappa shape index (κ1) is 14.7. The van der Waals surface area contributed by atoms with Gasteiger partial charge in [-0.3, -0.25) is 4.79 Å². The van der Waals surface area contributed by atoms with Crippen LogP contribution in [0.3, 0.4) is 0 Å². The maximum absolute atomic E-state index is 11.6. The van der Waals surface area contributed by atoms with Gasteiger partial charge in [-0.25, -0.2) is 4.79 Å². The van der Waals surface area contributed by atoms with Gasteiger partial charge in [-0.15, -0.1) is 0 Å². The van der Waals surface area contributed by atoms with Crippen LogP contribution >= 0.6 is 11.6 Å². The van der Waals surface area contributed by atoms with E-state index in [1.807, 2.05) is 24.3 Å². The maximum Gasteiger partial charge on any atom is 0.314 e. The number of hydrogen-bond donors (Lipinski definition) is 3. The third-order valence-corrected chi connectivity index (χ3v) is 3.74. The Morgan fingerprint density at radius 3 is 2.65 bits per heavy atom. The Balaban J connectivity index is 1.81. The van der Waals surface area contributed by atoms with Crippen molar-refractivity contribution in [3.05, 3.63) is 34.9 Å². The molecule has 0 aromatic heterocycles. The summed E-state index contributed by atoms with van der Waals surface area (Å²) < 4.78 is 0. The summed E-state index contributed by atoms with van der Waals surface area (Å²) in [5, 5.41) is 14.5. The third-order valence-electron chi connectivity index (χ3n) is 3.50. The van der Waals surface area contributed by atoms with Gasteiger partial charge in [-0.1, -0.05) is 23.7 Å². The van der Waals surface area contributed by atoms with E-state index in [-0.39, 0.29) is 24.4 Å². The molecule has 0 aliphatic heterocycles. The highest BCUT2D eigenvalue weighted by atomic mass is 35.5. The highest BCUT2D eigenvalue weighted by Gasteiger charge is 2.44. The van der Waals surface area contributed by atoms with E-state index in [1.165, 1.54) is 0 Å². The highest BCUT2D eigenvalue weighted by molar-refractivity contribution is 6.30. The average Bonchev–Trinajstić information content (AvgIpc) is 3.17. The first-order valence-corrected chi connectivity index (χ1v) is 6.89. The molecule has 1 saturated carbocycles. The molecule has 2 rings (SSSR count). The predicted octanol–water partition coefficient (Wildman–Crippen LogP) is 2.15. The molecule has 0 bridgehead atoms. The molecular formula is C14H17ClN2O3. The summed E-state index contributed by atoms with van der Waals surface area (Å²) in [5.74, 6) is -0.928. The van der Waals surface area contributed by atoms with Gasteiger partial charge in [0.25, 0.3) is 0 Å². The molecule has 20 heavy (non-hydrogen) atoms. The normalized spacial score (nSPS) is 15.4.